The van der Waals surface area contributed by atoms with Gasteiger partial charge in [0.25, 0.3) is 5.91 Å². The van der Waals surface area contributed by atoms with Crippen LogP contribution in [0.4, 0.5) is 5.95 Å². The molecule has 8 heteroatoms. The monoisotopic (exact) mass is 345 g/mol. The fourth-order valence-corrected chi connectivity index (χ4v) is 2.89. The van der Waals surface area contributed by atoms with Crippen LogP contribution in [0.5, 0.6) is 0 Å². The molecule has 1 amide bonds. The van der Waals surface area contributed by atoms with Crippen molar-refractivity contribution in [1.29, 1.82) is 0 Å². The van der Waals surface area contributed by atoms with E-state index in [2.05, 4.69) is 34.4 Å². The molecule has 0 bridgehead atoms. The number of benzene rings is 1. The van der Waals surface area contributed by atoms with Gasteiger partial charge in [-0.2, -0.15) is 5.01 Å². The summed E-state index contributed by atoms with van der Waals surface area (Å²) in [5, 5.41) is 7.06. The standard InChI is InChI=1S/C16H16ClN5O2/c1-16(2)8-19-14(23)10-5-4-9(6-11(10)16)13-12(17)7-18-15(20-13)22(3)21-24/h4-7H,8H2,1-3H3,(H,19,23). The highest BCUT2D eigenvalue weighted by atomic mass is 35.5. The van der Waals surface area contributed by atoms with Gasteiger partial charge in [-0.1, -0.05) is 31.5 Å². The smallest absolute Gasteiger partial charge is 0.251 e. The molecule has 0 spiro atoms. The Kier molecular flexibility index (Phi) is 3.96. The molecule has 0 atom stereocenters. The quantitative estimate of drug-likeness (QED) is 0.682. The summed E-state index contributed by atoms with van der Waals surface area (Å²) in [7, 11) is 1.46. The minimum Gasteiger partial charge on any atom is -0.351 e. The van der Waals surface area contributed by atoms with E-state index in [4.69, 9.17) is 11.6 Å². The molecule has 0 radical (unpaired) electrons. The maximum atomic E-state index is 12.1. The van der Waals surface area contributed by atoms with Crippen LogP contribution in [0.3, 0.4) is 0 Å². The zero-order valence-corrected chi connectivity index (χ0v) is 14.3. The van der Waals surface area contributed by atoms with Gasteiger partial charge in [-0.15, -0.1) is 4.91 Å². The highest BCUT2D eigenvalue weighted by Gasteiger charge is 2.31. The van der Waals surface area contributed by atoms with Gasteiger partial charge in [-0.05, 0) is 17.7 Å². The number of hydrogen-bond acceptors (Lipinski definition) is 5. The summed E-state index contributed by atoms with van der Waals surface area (Å²) in [6, 6.07) is 5.47. The van der Waals surface area contributed by atoms with Crippen molar-refractivity contribution in [3.05, 3.63) is 45.5 Å². The molecule has 124 valence electrons. The summed E-state index contributed by atoms with van der Waals surface area (Å²) in [6.45, 7) is 4.68. The fourth-order valence-electron chi connectivity index (χ4n) is 2.69. The van der Waals surface area contributed by atoms with E-state index in [1.807, 2.05) is 6.07 Å². The van der Waals surface area contributed by atoms with E-state index in [1.165, 1.54) is 13.2 Å². The maximum Gasteiger partial charge on any atom is 0.251 e. The van der Waals surface area contributed by atoms with Crippen LogP contribution in [0, 0.1) is 4.91 Å². The molecular weight excluding hydrogens is 330 g/mol. The molecule has 1 aromatic carbocycles. The molecular formula is C16H16ClN5O2. The van der Waals surface area contributed by atoms with E-state index in [1.54, 1.807) is 12.1 Å². The molecule has 0 unspecified atom stereocenters. The number of aromatic nitrogens is 2. The summed E-state index contributed by atoms with van der Waals surface area (Å²) in [4.78, 5) is 31.0. The number of hydrogen-bond donors (Lipinski definition) is 1. The van der Waals surface area contributed by atoms with Gasteiger partial charge in [-0.3, -0.25) is 4.79 Å². The molecule has 24 heavy (non-hydrogen) atoms. The van der Waals surface area contributed by atoms with Crippen molar-refractivity contribution in [3.8, 4) is 11.3 Å². The van der Waals surface area contributed by atoms with E-state index in [-0.39, 0.29) is 17.3 Å². The Morgan fingerprint density at radius 2 is 2.12 bits per heavy atom. The topological polar surface area (TPSA) is 87.5 Å². The van der Waals surface area contributed by atoms with E-state index in [0.29, 0.717) is 22.8 Å². The SMILES string of the molecule is CN(N=O)c1ncc(Cl)c(-c2ccc3c(c2)C(C)(C)CNC3=O)n1. The number of nitroso groups, excluding NO2 is 1. The molecule has 0 fully saturated rings. The largest absolute Gasteiger partial charge is 0.351 e. The van der Waals surface area contributed by atoms with Gasteiger partial charge in [0.2, 0.25) is 5.95 Å². The normalized spacial score (nSPS) is 15.4. The number of carbonyl (C=O) groups excluding carboxylic acids is 1. The Morgan fingerprint density at radius 1 is 1.38 bits per heavy atom. The van der Waals surface area contributed by atoms with Crippen molar-refractivity contribution >= 4 is 23.5 Å². The van der Waals surface area contributed by atoms with Crippen LogP contribution in [0.25, 0.3) is 11.3 Å². The molecule has 3 rings (SSSR count). The predicted octanol–water partition coefficient (Wildman–Crippen LogP) is 2.94. The van der Waals surface area contributed by atoms with Crippen molar-refractivity contribution in [2.45, 2.75) is 19.3 Å². The number of carbonyl (C=O) groups is 1. The van der Waals surface area contributed by atoms with Crippen molar-refractivity contribution in [1.82, 2.24) is 15.3 Å². The molecule has 0 saturated heterocycles. The summed E-state index contributed by atoms with van der Waals surface area (Å²) < 4.78 is 0. The Morgan fingerprint density at radius 3 is 2.83 bits per heavy atom. The molecule has 1 aromatic heterocycles. The van der Waals surface area contributed by atoms with Crippen LogP contribution in [-0.2, 0) is 5.41 Å². The molecule has 7 nitrogen and oxygen atoms in total. The zero-order valence-electron chi connectivity index (χ0n) is 13.5. The molecule has 1 aliphatic rings. The molecule has 1 aliphatic heterocycles. The maximum absolute atomic E-state index is 12.1. The molecule has 0 saturated carbocycles. The number of halogens is 1. The van der Waals surface area contributed by atoms with E-state index in [9.17, 15) is 9.70 Å². The first-order chi connectivity index (χ1) is 11.3. The van der Waals surface area contributed by atoms with Gasteiger partial charge in [0.1, 0.15) is 0 Å². The van der Waals surface area contributed by atoms with E-state index >= 15 is 0 Å². The van der Waals surface area contributed by atoms with Gasteiger partial charge in [-0.25, -0.2) is 9.97 Å². The Balaban J connectivity index is 2.15. The summed E-state index contributed by atoms with van der Waals surface area (Å²) in [5.41, 5.74) is 2.61. The van der Waals surface area contributed by atoms with Gasteiger partial charge in [0.15, 0.2) is 0 Å². The third-order valence-corrected chi connectivity index (χ3v) is 4.38. The summed E-state index contributed by atoms with van der Waals surface area (Å²) in [6.07, 6.45) is 1.43. The number of fused-ring (bicyclic) bond motifs is 1. The second-order valence-electron chi connectivity index (χ2n) is 6.30. The van der Waals surface area contributed by atoms with Crippen molar-refractivity contribution in [2.24, 2.45) is 5.29 Å². The summed E-state index contributed by atoms with van der Waals surface area (Å²) >= 11 is 6.23. The second-order valence-corrected chi connectivity index (χ2v) is 6.71. The van der Waals surface area contributed by atoms with E-state index in [0.717, 1.165) is 16.1 Å². The number of rotatable bonds is 3. The lowest BCUT2D eigenvalue weighted by Gasteiger charge is -2.32. The molecule has 0 aliphatic carbocycles. The number of nitrogens with zero attached hydrogens (tertiary/aromatic N) is 4. The minimum absolute atomic E-state index is 0.0877. The molecule has 1 N–H and O–H groups in total. The minimum atomic E-state index is -0.206. The van der Waals surface area contributed by atoms with E-state index < -0.39 is 0 Å². The number of nitrogens with one attached hydrogen (secondary N) is 1. The highest BCUT2D eigenvalue weighted by Crippen LogP contribution is 2.35. The lowest BCUT2D eigenvalue weighted by molar-refractivity contribution is 0.0930. The Hall–Kier alpha value is -2.54. The first-order valence-corrected chi connectivity index (χ1v) is 7.74. The zero-order chi connectivity index (χ0) is 17.5. The predicted molar refractivity (Wildman–Crippen MR) is 92.0 cm³/mol. The van der Waals surface area contributed by atoms with Crippen LogP contribution in [0.15, 0.2) is 29.7 Å². The number of amides is 1. The average molecular weight is 346 g/mol. The third kappa shape index (κ3) is 2.71. The average Bonchev–Trinajstić information content (AvgIpc) is 2.58. The molecule has 2 aromatic rings. The van der Waals surface area contributed by atoms with Crippen LogP contribution >= 0.6 is 11.6 Å². The van der Waals surface area contributed by atoms with Gasteiger partial charge in [0.05, 0.1) is 22.2 Å². The highest BCUT2D eigenvalue weighted by molar-refractivity contribution is 6.32. The first-order valence-electron chi connectivity index (χ1n) is 7.36. The molecule has 2 heterocycles. The Bertz CT molecular complexity index is 837. The van der Waals surface area contributed by atoms with Crippen LogP contribution in [0.2, 0.25) is 5.02 Å². The first kappa shape index (κ1) is 16.3. The van der Waals surface area contributed by atoms with Crippen LogP contribution < -0.4 is 10.3 Å². The second kappa shape index (κ2) is 5.83. The van der Waals surface area contributed by atoms with Crippen LogP contribution in [-0.4, -0.2) is 29.5 Å². The van der Waals surface area contributed by atoms with Gasteiger partial charge < -0.3 is 5.32 Å². The van der Waals surface area contributed by atoms with Crippen molar-refractivity contribution in [2.75, 3.05) is 18.6 Å². The van der Waals surface area contributed by atoms with Crippen molar-refractivity contribution in [3.63, 3.8) is 0 Å². The van der Waals surface area contributed by atoms with Crippen LogP contribution in [0.1, 0.15) is 29.8 Å². The Labute approximate surface area is 144 Å². The van der Waals surface area contributed by atoms with Crippen molar-refractivity contribution < 1.29 is 4.79 Å². The number of anilines is 1. The van der Waals surface area contributed by atoms with Gasteiger partial charge in [0, 0.05) is 30.1 Å². The lowest BCUT2D eigenvalue weighted by atomic mass is 9.78. The third-order valence-electron chi connectivity index (χ3n) is 4.10. The van der Waals surface area contributed by atoms with Gasteiger partial charge >= 0.3 is 0 Å². The summed E-state index contributed by atoms with van der Waals surface area (Å²) in [5.74, 6) is 0.0642. The lowest BCUT2D eigenvalue weighted by Crippen LogP contribution is -2.43. The fraction of sp³-hybridized carbons (Fsp3) is 0.312.